The van der Waals surface area contributed by atoms with Crippen molar-refractivity contribution in [2.75, 3.05) is 19.0 Å². The van der Waals surface area contributed by atoms with Crippen LogP contribution < -0.4 is 30.3 Å². The number of rotatable bonds is 16. The Morgan fingerprint density at radius 3 is 2.56 bits per heavy atom. The van der Waals surface area contributed by atoms with Crippen molar-refractivity contribution in [1.29, 1.82) is 0 Å². The van der Waals surface area contributed by atoms with Gasteiger partial charge in [-0.25, -0.2) is 14.4 Å². The number of halogens is 1. The molecule has 2 aromatic carbocycles. The van der Waals surface area contributed by atoms with E-state index >= 15 is 0 Å². The van der Waals surface area contributed by atoms with Gasteiger partial charge in [0, 0.05) is 29.8 Å². The zero-order chi connectivity index (χ0) is 32.6. The SMILES string of the molecule is CCCCCCOP(=O)(NC(=O)c1cc2c(Oc3ccc(NC(=O)NC4CC4)c(Cl)c3)ccnc2cc1OC)N[C@@H](C)C(=O)O. The molecule has 2 atom stereocenters. The van der Waals surface area contributed by atoms with Gasteiger partial charge in [-0.2, -0.15) is 0 Å². The lowest BCUT2D eigenvalue weighted by Crippen LogP contribution is -2.38. The zero-order valence-electron chi connectivity index (χ0n) is 25.2. The summed E-state index contributed by atoms with van der Waals surface area (Å²) in [5, 5.41) is 20.4. The van der Waals surface area contributed by atoms with E-state index < -0.39 is 25.6 Å². The van der Waals surface area contributed by atoms with Crippen molar-refractivity contribution in [3.8, 4) is 17.2 Å². The molecule has 45 heavy (non-hydrogen) atoms. The van der Waals surface area contributed by atoms with Gasteiger partial charge < -0.3 is 29.7 Å². The first kappa shape index (κ1) is 34.0. The quantitative estimate of drug-likeness (QED) is 0.0844. The average molecular weight is 662 g/mol. The maximum Gasteiger partial charge on any atom is 0.369 e. The van der Waals surface area contributed by atoms with Crippen molar-refractivity contribution in [2.45, 2.75) is 64.5 Å². The smallest absolute Gasteiger partial charge is 0.369 e. The molecule has 0 aliphatic heterocycles. The van der Waals surface area contributed by atoms with E-state index in [0.29, 0.717) is 34.5 Å². The number of carbonyl (C=O) groups is 3. The first-order valence-corrected chi connectivity index (χ1v) is 16.6. The van der Waals surface area contributed by atoms with Gasteiger partial charge in [0.05, 0.1) is 35.5 Å². The van der Waals surface area contributed by atoms with Crippen LogP contribution in [0.3, 0.4) is 0 Å². The molecule has 13 nitrogen and oxygen atoms in total. The summed E-state index contributed by atoms with van der Waals surface area (Å²) in [5.74, 6) is -1.27. The van der Waals surface area contributed by atoms with E-state index in [1.54, 1.807) is 24.3 Å². The number of methoxy groups -OCH3 is 1. The Balaban J connectivity index is 1.57. The highest BCUT2D eigenvalue weighted by atomic mass is 35.5. The Morgan fingerprint density at radius 2 is 1.89 bits per heavy atom. The van der Waals surface area contributed by atoms with E-state index in [4.69, 9.17) is 25.6 Å². The summed E-state index contributed by atoms with van der Waals surface area (Å²) in [5.41, 5.74) is 0.838. The molecular weight excluding hydrogens is 625 g/mol. The van der Waals surface area contributed by atoms with Crippen LogP contribution in [0.1, 0.15) is 62.7 Å². The van der Waals surface area contributed by atoms with Gasteiger partial charge in [-0.05, 0) is 50.5 Å². The highest BCUT2D eigenvalue weighted by molar-refractivity contribution is 7.55. The fourth-order valence-electron chi connectivity index (χ4n) is 4.27. The van der Waals surface area contributed by atoms with E-state index in [2.05, 4.69) is 25.8 Å². The largest absolute Gasteiger partial charge is 0.496 e. The summed E-state index contributed by atoms with van der Waals surface area (Å²) in [6, 6.07) is 7.96. The Labute approximate surface area is 265 Å². The summed E-state index contributed by atoms with van der Waals surface area (Å²) >= 11 is 6.41. The lowest BCUT2D eigenvalue weighted by atomic mass is 10.1. The zero-order valence-corrected chi connectivity index (χ0v) is 26.9. The summed E-state index contributed by atoms with van der Waals surface area (Å²) in [4.78, 5) is 41.5. The monoisotopic (exact) mass is 661 g/mol. The van der Waals surface area contributed by atoms with Crippen molar-refractivity contribution < 1.29 is 38.1 Å². The van der Waals surface area contributed by atoms with Gasteiger partial charge in [-0.1, -0.05) is 37.8 Å². The number of hydrogen-bond donors (Lipinski definition) is 5. The number of ether oxygens (including phenoxy) is 2. The third-order valence-electron chi connectivity index (χ3n) is 6.85. The maximum atomic E-state index is 13.6. The standard InChI is InChI=1S/C30H37ClN5O8P/c1-4-5-6-7-14-43-45(41,35-18(2)29(38)39)36-28(37)22-16-21-25(17-27(22)42-3)32-13-12-26(21)44-20-10-11-24(23(31)15-20)34-30(40)33-19-8-9-19/h10-13,15-19H,4-9,14H2,1-3H3,(H,38,39)(H2,33,34,40)(H2,35,36,37,41)/t18-,45?/m0/s1. The number of nitrogens with zero attached hydrogens (tertiary/aromatic N) is 1. The number of unbranched alkanes of at least 4 members (excludes halogenated alkanes) is 3. The van der Waals surface area contributed by atoms with Gasteiger partial charge in [0.15, 0.2) is 0 Å². The van der Waals surface area contributed by atoms with Crippen LogP contribution >= 0.6 is 19.3 Å². The number of carboxylic acids is 1. The van der Waals surface area contributed by atoms with E-state index in [1.807, 2.05) is 6.92 Å². The minimum Gasteiger partial charge on any atom is -0.496 e. The summed E-state index contributed by atoms with van der Waals surface area (Å²) in [7, 11) is -2.79. The molecule has 1 aliphatic carbocycles. The van der Waals surface area contributed by atoms with Crippen molar-refractivity contribution in [3.63, 3.8) is 0 Å². The van der Waals surface area contributed by atoms with Crippen LogP contribution in [0.4, 0.5) is 10.5 Å². The third-order valence-corrected chi connectivity index (χ3v) is 8.93. The van der Waals surface area contributed by atoms with Gasteiger partial charge >= 0.3 is 19.7 Å². The molecule has 5 N–H and O–H groups in total. The average Bonchev–Trinajstić information content (AvgIpc) is 3.81. The molecule has 1 unspecified atom stereocenters. The van der Waals surface area contributed by atoms with Gasteiger partial charge in [0.2, 0.25) is 0 Å². The minimum atomic E-state index is -4.16. The molecule has 1 aliphatic rings. The van der Waals surface area contributed by atoms with E-state index in [0.717, 1.165) is 32.1 Å². The molecule has 1 fully saturated rings. The molecule has 1 aromatic heterocycles. The minimum absolute atomic E-state index is 0.0123. The molecule has 242 valence electrons. The number of aromatic nitrogens is 1. The van der Waals surface area contributed by atoms with Crippen LogP contribution in [0.5, 0.6) is 17.2 Å². The van der Waals surface area contributed by atoms with Gasteiger partial charge in [0.25, 0.3) is 5.91 Å². The Morgan fingerprint density at radius 1 is 1.11 bits per heavy atom. The molecule has 3 aromatic rings. The van der Waals surface area contributed by atoms with Gasteiger partial charge in [0.1, 0.15) is 23.3 Å². The number of urea groups is 1. The van der Waals surface area contributed by atoms with Crippen molar-refractivity contribution in [3.05, 3.63) is 53.2 Å². The summed E-state index contributed by atoms with van der Waals surface area (Å²) in [6.07, 6.45) is 6.78. The molecule has 1 heterocycles. The normalized spacial score (nSPS) is 14.7. The van der Waals surface area contributed by atoms with Crippen molar-refractivity contribution in [2.24, 2.45) is 0 Å². The molecule has 0 bridgehead atoms. The number of anilines is 1. The first-order valence-electron chi connectivity index (χ1n) is 14.6. The first-order chi connectivity index (χ1) is 21.5. The van der Waals surface area contributed by atoms with E-state index in [1.165, 1.54) is 32.4 Å². The number of amides is 3. The number of aliphatic carboxylic acids is 1. The predicted octanol–water partition coefficient (Wildman–Crippen LogP) is 6.47. The highest BCUT2D eigenvalue weighted by Crippen LogP contribution is 2.41. The number of carboxylic acid groups (broad SMARTS) is 1. The fourth-order valence-corrected chi connectivity index (χ4v) is 6.09. The van der Waals surface area contributed by atoms with Gasteiger partial charge in [-0.15, -0.1) is 0 Å². The maximum absolute atomic E-state index is 13.6. The molecule has 0 radical (unpaired) electrons. The molecule has 15 heteroatoms. The Kier molecular flexibility index (Phi) is 11.6. The predicted molar refractivity (Wildman–Crippen MR) is 170 cm³/mol. The highest BCUT2D eigenvalue weighted by Gasteiger charge is 2.32. The van der Waals surface area contributed by atoms with Crippen LogP contribution in [0, 0.1) is 0 Å². The van der Waals surface area contributed by atoms with Crippen LogP contribution in [-0.4, -0.2) is 53.8 Å². The Hall–Kier alpha value is -3.90. The molecule has 1 saturated carbocycles. The number of carbonyl (C=O) groups excluding carboxylic acids is 2. The molecule has 0 saturated heterocycles. The van der Waals surface area contributed by atoms with Crippen molar-refractivity contribution in [1.82, 2.24) is 20.5 Å². The molecular formula is C30H37ClN5O8P. The lowest BCUT2D eigenvalue weighted by molar-refractivity contribution is -0.138. The molecule has 3 amide bonds. The number of fused-ring (bicyclic) bond motifs is 1. The van der Waals surface area contributed by atoms with Gasteiger partial charge in [-0.3, -0.25) is 19.7 Å². The number of nitrogens with one attached hydrogen (secondary N) is 4. The lowest BCUT2D eigenvalue weighted by Gasteiger charge is -2.23. The van der Waals surface area contributed by atoms with Crippen LogP contribution in [0.25, 0.3) is 10.9 Å². The van der Waals surface area contributed by atoms with Crippen molar-refractivity contribution >= 4 is 53.8 Å². The van der Waals surface area contributed by atoms with E-state index in [-0.39, 0.29) is 35.0 Å². The number of hydrogen-bond acceptors (Lipinski definition) is 8. The summed E-state index contributed by atoms with van der Waals surface area (Å²) in [6.45, 7) is 3.40. The summed E-state index contributed by atoms with van der Waals surface area (Å²) < 4.78 is 30.7. The topological polar surface area (TPSA) is 177 Å². The fraction of sp³-hybridized carbons (Fsp3) is 0.400. The van der Waals surface area contributed by atoms with Crippen LogP contribution in [0.2, 0.25) is 5.02 Å². The third kappa shape index (κ3) is 9.54. The molecule has 0 spiro atoms. The molecule has 4 rings (SSSR count). The second kappa shape index (κ2) is 15.4. The Bertz CT molecular complexity index is 1600. The van der Waals surface area contributed by atoms with E-state index in [9.17, 15) is 24.1 Å². The second-order valence-electron chi connectivity index (χ2n) is 10.6. The number of pyridine rings is 1. The second-order valence-corrected chi connectivity index (χ2v) is 12.8. The number of benzene rings is 2. The van der Waals surface area contributed by atoms with Crippen LogP contribution in [-0.2, 0) is 13.9 Å². The van der Waals surface area contributed by atoms with Crippen LogP contribution in [0.15, 0.2) is 42.6 Å².